The number of para-hydroxylation sites is 2. The Morgan fingerprint density at radius 2 is 0.786 bits per heavy atom. The Bertz CT molecular complexity index is 306. The first-order valence-corrected chi connectivity index (χ1v) is 4.40. The lowest BCUT2D eigenvalue weighted by Crippen LogP contribution is -1.79. The van der Waals surface area contributed by atoms with Gasteiger partial charge in [-0.05, 0) is 24.3 Å². The van der Waals surface area contributed by atoms with E-state index in [1.54, 1.807) is 0 Å². The van der Waals surface area contributed by atoms with E-state index in [0.717, 1.165) is 11.4 Å². The van der Waals surface area contributed by atoms with Crippen LogP contribution in [0.2, 0.25) is 0 Å². The van der Waals surface area contributed by atoms with Crippen molar-refractivity contribution in [2.75, 3.05) is 11.5 Å². The molecule has 0 saturated carbocycles. The third kappa shape index (κ3) is 4.16. The highest BCUT2D eigenvalue weighted by molar-refractivity contribution is 5.36. The zero-order valence-corrected chi connectivity index (χ0v) is 7.93. The number of nitrogens with two attached hydrogens (primary N) is 2. The lowest BCUT2D eigenvalue weighted by atomic mass is 10.3. The topological polar surface area (TPSA) is 52.0 Å². The Hall–Kier alpha value is -1.96. The highest BCUT2D eigenvalue weighted by Gasteiger charge is 1.72. The van der Waals surface area contributed by atoms with E-state index in [9.17, 15) is 0 Å². The Kier molecular flexibility index (Phi) is 4.08. The van der Waals surface area contributed by atoms with Crippen molar-refractivity contribution < 1.29 is 0 Å². The highest BCUT2D eigenvalue weighted by Crippen LogP contribution is 1.96. The average molecular weight is 186 g/mol. The second-order valence-electron chi connectivity index (χ2n) is 2.82. The molecule has 0 radical (unpaired) electrons. The number of hydrogen-bond acceptors (Lipinski definition) is 2. The molecule has 0 bridgehead atoms. The maximum Gasteiger partial charge on any atom is 0.0313 e. The van der Waals surface area contributed by atoms with E-state index < -0.39 is 0 Å². The fourth-order valence-corrected chi connectivity index (χ4v) is 0.906. The van der Waals surface area contributed by atoms with Gasteiger partial charge in [-0.15, -0.1) is 0 Å². The summed E-state index contributed by atoms with van der Waals surface area (Å²) in [4.78, 5) is 0. The summed E-state index contributed by atoms with van der Waals surface area (Å²) in [5.41, 5.74) is 12.4. The molecule has 0 aromatic heterocycles. The van der Waals surface area contributed by atoms with Gasteiger partial charge in [-0.25, -0.2) is 0 Å². The van der Waals surface area contributed by atoms with Crippen molar-refractivity contribution in [1.29, 1.82) is 0 Å². The van der Waals surface area contributed by atoms with Crippen LogP contribution in [0.25, 0.3) is 0 Å². The maximum atomic E-state index is 5.36. The fraction of sp³-hybridized carbons (Fsp3) is 0. The SMILES string of the molecule is Nc1ccccc1.Nc1ccccc1. The Morgan fingerprint density at radius 1 is 0.500 bits per heavy atom. The summed E-state index contributed by atoms with van der Waals surface area (Å²) in [5, 5.41) is 0. The number of anilines is 2. The zero-order chi connectivity index (χ0) is 10.2. The molecule has 0 aliphatic carbocycles. The van der Waals surface area contributed by atoms with Crippen LogP contribution in [0.3, 0.4) is 0 Å². The van der Waals surface area contributed by atoms with Gasteiger partial charge in [-0.1, -0.05) is 36.4 Å². The van der Waals surface area contributed by atoms with E-state index in [0.29, 0.717) is 0 Å². The van der Waals surface area contributed by atoms with Crippen LogP contribution in [0.5, 0.6) is 0 Å². The van der Waals surface area contributed by atoms with Gasteiger partial charge in [0.15, 0.2) is 0 Å². The van der Waals surface area contributed by atoms with Gasteiger partial charge >= 0.3 is 0 Å². The molecule has 2 aromatic carbocycles. The first-order valence-electron chi connectivity index (χ1n) is 4.40. The lowest BCUT2D eigenvalue weighted by Gasteiger charge is -1.83. The molecule has 0 spiro atoms. The van der Waals surface area contributed by atoms with Gasteiger partial charge in [0.1, 0.15) is 0 Å². The van der Waals surface area contributed by atoms with E-state index in [1.165, 1.54) is 0 Å². The molecule has 0 amide bonds. The summed E-state index contributed by atoms with van der Waals surface area (Å²) in [6.45, 7) is 0. The second kappa shape index (κ2) is 5.65. The van der Waals surface area contributed by atoms with Crippen LogP contribution in [-0.2, 0) is 0 Å². The fourth-order valence-electron chi connectivity index (χ4n) is 0.906. The summed E-state index contributed by atoms with van der Waals surface area (Å²) >= 11 is 0. The number of rotatable bonds is 0. The van der Waals surface area contributed by atoms with E-state index in [4.69, 9.17) is 11.5 Å². The van der Waals surface area contributed by atoms with Crippen molar-refractivity contribution in [3.05, 3.63) is 60.7 Å². The predicted molar refractivity (Wildman–Crippen MR) is 61.7 cm³/mol. The van der Waals surface area contributed by atoms with E-state index in [2.05, 4.69) is 0 Å². The third-order valence-corrected chi connectivity index (χ3v) is 1.60. The highest BCUT2D eigenvalue weighted by atomic mass is 14.5. The maximum absolute atomic E-state index is 5.36. The monoisotopic (exact) mass is 186 g/mol. The van der Waals surface area contributed by atoms with Crippen LogP contribution in [0, 0.1) is 0 Å². The van der Waals surface area contributed by atoms with Crippen LogP contribution in [0.15, 0.2) is 60.7 Å². The zero-order valence-electron chi connectivity index (χ0n) is 7.93. The first-order chi connectivity index (χ1) is 6.79. The summed E-state index contributed by atoms with van der Waals surface area (Å²) in [5.74, 6) is 0. The summed E-state index contributed by atoms with van der Waals surface area (Å²) in [6, 6.07) is 19.0. The minimum atomic E-state index is 0.822. The molecule has 14 heavy (non-hydrogen) atoms. The van der Waals surface area contributed by atoms with Crippen molar-refractivity contribution >= 4 is 11.4 Å². The summed E-state index contributed by atoms with van der Waals surface area (Å²) in [7, 11) is 0. The largest absolute Gasteiger partial charge is 0.399 e. The van der Waals surface area contributed by atoms with Gasteiger partial charge in [-0.3, -0.25) is 0 Å². The van der Waals surface area contributed by atoms with Crippen molar-refractivity contribution in [2.45, 2.75) is 0 Å². The Labute approximate surface area is 84.2 Å². The van der Waals surface area contributed by atoms with Crippen LogP contribution in [-0.4, -0.2) is 0 Å². The molecule has 0 fully saturated rings. The lowest BCUT2D eigenvalue weighted by molar-refractivity contribution is 1.69. The molecular weight excluding hydrogens is 172 g/mol. The summed E-state index contributed by atoms with van der Waals surface area (Å²) < 4.78 is 0. The predicted octanol–water partition coefficient (Wildman–Crippen LogP) is 2.54. The van der Waals surface area contributed by atoms with Gasteiger partial charge in [0.25, 0.3) is 0 Å². The van der Waals surface area contributed by atoms with Gasteiger partial charge in [-0.2, -0.15) is 0 Å². The molecule has 2 rings (SSSR count). The van der Waals surface area contributed by atoms with Crippen molar-refractivity contribution in [2.24, 2.45) is 0 Å². The van der Waals surface area contributed by atoms with Crippen LogP contribution in [0.4, 0.5) is 11.4 Å². The molecule has 0 unspecified atom stereocenters. The molecule has 0 atom stereocenters. The standard InChI is InChI=1S/2C6H7N/c2*7-6-4-2-1-3-5-6/h2*1-5H,7H2. The van der Waals surface area contributed by atoms with E-state index in [-0.39, 0.29) is 0 Å². The molecule has 72 valence electrons. The molecule has 2 aromatic rings. The van der Waals surface area contributed by atoms with Crippen LogP contribution >= 0.6 is 0 Å². The molecule has 4 N–H and O–H groups in total. The van der Waals surface area contributed by atoms with Crippen LogP contribution < -0.4 is 11.5 Å². The van der Waals surface area contributed by atoms with Crippen molar-refractivity contribution in [3.63, 3.8) is 0 Å². The number of hydrogen-bond donors (Lipinski definition) is 2. The molecule has 0 heterocycles. The van der Waals surface area contributed by atoms with E-state index >= 15 is 0 Å². The van der Waals surface area contributed by atoms with Crippen molar-refractivity contribution in [1.82, 2.24) is 0 Å². The second-order valence-corrected chi connectivity index (χ2v) is 2.82. The average Bonchev–Trinajstić information content (AvgIpc) is 2.21. The smallest absolute Gasteiger partial charge is 0.0313 e. The Morgan fingerprint density at radius 3 is 0.929 bits per heavy atom. The third-order valence-electron chi connectivity index (χ3n) is 1.60. The molecule has 0 aliphatic heterocycles. The van der Waals surface area contributed by atoms with Crippen molar-refractivity contribution in [3.8, 4) is 0 Å². The minimum absolute atomic E-state index is 0.822. The van der Waals surface area contributed by atoms with Gasteiger partial charge in [0.05, 0.1) is 0 Å². The summed E-state index contributed by atoms with van der Waals surface area (Å²) in [6.07, 6.45) is 0. The van der Waals surface area contributed by atoms with Gasteiger partial charge in [0.2, 0.25) is 0 Å². The minimum Gasteiger partial charge on any atom is -0.399 e. The quantitative estimate of drug-likeness (QED) is 0.621. The molecule has 0 saturated heterocycles. The Balaban J connectivity index is 0.000000140. The van der Waals surface area contributed by atoms with Gasteiger partial charge in [0, 0.05) is 11.4 Å². The van der Waals surface area contributed by atoms with Gasteiger partial charge < -0.3 is 11.5 Å². The normalized spacial score (nSPS) is 8.57. The first kappa shape index (κ1) is 10.1. The molecule has 2 nitrogen and oxygen atoms in total. The molecule has 0 aliphatic rings. The molecule has 2 heteroatoms. The van der Waals surface area contributed by atoms with Crippen LogP contribution in [0.1, 0.15) is 0 Å². The number of nitrogen functional groups attached to an aromatic ring is 2. The number of benzene rings is 2. The van der Waals surface area contributed by atoms with E-state index in [1.807, 2.05) is 60.7 Å². The molecular formula is C12H14N2.